The van der Waals surface area contributed by atoms with Crippen molar-refractivity contribution in [1.29, 1.82) is 0 Å². The molecule has 116 valence electrons. The number of nitrogens with two attached hydrogens (primary N) is 1. The summed E-state index contributed by atoms with van der Waals surface area (Å²) >= 11 is 0. The average Bonchev–Trinajstić information content (AvgIpc) is 2.39. The molecule has 0 saturated carbocycles. The van der Waals surface area contributed by atoms with E-state index in [1.807, 2.05) is 58.0 Å². The maximum atomic E-state index is 11.8. The Labute approximate surface area is 131 Å². The van der Waals surface area contributed by atoms with Gasteiger partial charge in [-0.1, -0.05) is 35.9 Å². The molecule has 0 aromatic heterocycles. The van der Waals surface area contributed by atoms with Gasteiger partial charge in [0.2, 0.25) is 0 Å². The Balaban J connectivity index is 2.18. The fourth-order valence-corrected chi connectivity index (χ4v) is 2.09. The molecular formula is C18H22N2O2. The zero-order chi connectivity index (χ0) is 16.3. The van der Waals surface area contributed by atoms with Crippen molar-refractivity contribution in [2.45, 2.75) is 33.3 Å². The van der Waals surface area contributed by atoms with Crippen LogP contribution < -0.4 is 11.1 Å². The molecule has 0 radical (unpaired) electrons. The second-order valence-corrected chi connectivity index (χ2v) is 6.30. The van der Waals surface area contributed by atoms with Crippen molar-refractivity contribution in [3.8, 4) is 11.1 Å². The molecule has 4 heteroatoms. The third-order valence-corrected chi connectivity index (χ3v) is 3.04. The van der Waals surface area contributed by atoms with Crippen LogP contribution in [0.15, 0.2) is 42.5 Å². The third-order valence-electron chi connectivity index (χ3n) is 3.04. The lowest BCUT2D eigenvalue weighted by Crippen LogP contribution is -2.27. The van der Waals surface area contributed by atoms with Crippen molar-refractivity contribution in [3.05, 3.63) is 48.0 Å². The van der Waals surface area contributed by atoms with E-state index < -0.39 is 11.7 Å². The number of anilines is 2. The van der Waals surface area contributed by atoms with Gasteiger partial charge in [0.15, 0.2) is 0 Å². The number of hydrogen-bond donors (Lipinski definition) is 2. The van der Waals surface area contributed by atoms with Gasteiger partial charge in [0.25, 0.3) is 0 Å². The van der Waals surface area contributed by atoms with Crippen LogP contribution in [0, 0.1) is 6.92 Å². The maximum absolute atomic E-state index is 11.8. The molecule has 2 aromatic carbocycles. The van der Waals surface area contributed by atoms with E-state index in [-0.39, 0.29) is 0 Å². The molecule has 1 amide bonds. The number of amides is 1. The van der Waals surface area contributed by atoms with Gasteiger partial charge in [-0.25, -0.2) is 4.79 Å². The minimum absolute atomic E-state index is 0.505. The summed E-state index contributed by atoms with van der Waals surface area (Å²) in [6.45, 7) is 7.50. The zero-order valence-electron chi connectivity index (χ0n) is 13.4. The quantitative estimate of drug-likeness (QED) is 0.797. The highest BCUT2D eigenvalue weighted by molar-refractivity contribution is 5.90. The number of hydrogen-bond acceptors (Lipinski definition) is 3. The summed E-state index contributed by atoms with van der Waals surface area (Å²) in [4.78, 5) is 11.8. The Hall–Kier alpha value is -2.49. The van der Waals surface area contributed by atoms with E-state index >= 15 is 0 Å². The van der Waals surface area contributed by atoms with Crippen LogP contribution in [0.25, 0.3) is 11.1 Å². The lowest BCUT2D eigenvalue weighted by Gasteiger charge is -2.20. The van der Waals surface area contributed by atoms with Gasteiger partial charge >= 0.3 is 6.09 Å². The second kappa shape index (κ2) is 6.10. The van der Waals surface area contributed by atoms with Gasteiger partial charge in [0.1, 0.15) is 5.60 Å². The van der Waals surface area contributed by atoms with E-state index in [9.17, 15) is 4.79 Å². The molecular weight excluding hydrogens is 276 g/mol. The van der Waals surface area contributed by atoms with Crippen molar-refractivity contribution in [2.24, 2.45) is 0 Å². The monoisotopic (exact) mass is 298 g/mol. The van der Waals surface area contributed by atoms with Gasteiger partial charge in [0, 0.05) is 0 Å². The van der Waals surface area contributed by atoms with Gasteiger partial charge in [0.05, 0.1) is 11.4 Å². The van der Waals surface area contributed by atoms with Crippen LogP contribution in [0.3, 0.4) is 0 Å². The minimum atomic E-state index is -0.541. The largest absolute Gasteiger partial charge is 0.444 e. The number of nitrogen functional groups attached to an aromatic ring is 1. The molecule has 2 aromatic rings. The highest BCUT2D eigenvalue weighted by Crippen LogP contribution is 2.27. The lowest BCUT2D eigenvalue weighted by atomic mass is 10.0. The van der Waals surface area contributed by atoms with Gasteiger partial charge in [-0.05, 0) is 51.0 Å². The molecule has 0 heterocycles. The zero-order valence-corrected chi connectivity index (χ0v) is 13.4. The SMILES string of the molecule is Cc1cccc(-c2ccc(NC(=O)OC(C)(C)C)c(N)c2)c1. The van der Waals surface area contributed by atoms with Crippen molar-refractivity contribution in [2.75, 3.05) is 11.1 Å². The molecule has 2 rings (SSSR count). The Morgan fingerprint density at radius 1 is 1.09 bits per heavy atom. The number of aryl methyl sites for hydroxylation is 1. The smallest absolute Gasteiger partial charge is 0.412 e. The van der Waals surface area contributed by atoms with Crippen LogP contribution in [0.4, 0.5) is 16.2 Å². The molecule has 0 unspecified atom stereocenters. The maximum Gasteiger partial charge on any atom is 0.412 e. The summed E-state index contributed by atoms with van der Waals surface area (Å²) in [5.41, 5.74) is 9.84. The van der Waals surface area contributed by atoms with Gasteiger partial charge < -0.3 is 10.5 Å². The number of benzene rings is 2. The average molecular weight is 298 g/mol. The van der Waals surface area contributed by atoms with Gasteiger partial charge in [-0.3, -0.25) is 5.32 Å². The highest BCUT2D eigenvalue weighted by Gasteiger charge is 2.17. The molecule has 0 fully saturated rings. The van der Waals surface area contributed by atoms with Crippen LogP contribution in [0.5, 0.6) is 0 Å². The minimum Gasteiger partial charge on any atom is -0.444 e. The topological polar surface area (TPSA) is 64.3 Å². The second-order valence-electron chi connectivity index (χ2n) is 6.30. The third kappa shape index (κ3) is 4.25. The number of ether oxygens (including phenoxy) is 1. The van der Waals surface area contributed by atoms with E-state index in [4.69, 9.17) is 10.5 Å². The van der Waals surface area contributed by atoms with Crippen molar-refractivity contribution < 1.29 is 9.53 Å². The van der Waals surface area contributed by atoms with Gasteiger partial charge in [-0.2, -0.15) is 0 Å². The predicted octanol–water partition coefficient (Wildman–Crippen LogP) is 4.59. The summed E-state index contributed by atoms with van der Waals surface area (Å²) < 4.78 is 5.22. The van der Waals surface area contributed by atoms with Gasteiger partial charge in [-0.15, -0.1) is 0 Å². The van der Waals surface area contributed by atoms with Crippen molar-refractivity contribution in [3.63, 3.8) is 0 Å². The molecule has 0 bridgehead atoms. The Bertz CT molecular complexity index is 688. The van der Waals surface area contributed by atoms with Crippen LogP contribution >= 0.6 is 0 Å². The Morgan fingerprint density at radius 2 is 1.77 bits per heavy atom. The van der Waals surface area contributed by atoms with E-state index in [1.165, 1.54) is 5.56 Å². The molecule has 4 nitrogen and oxygen atoms in total. The van der Waals surface area contributed by atoms with E-state index in [0.717, 1.165) is 11.1 Å². The van der Waals surface area contributed by atoms with Crippen LogP contribution in [0.2, 0.25) is 0 Å². The first-order valence-electron chi connectivity index (χ1n) is 7.21. The summed E-state index contributed by atoms with van der Waals surface area (Å²) in [6.07, 6.45) is -0.512. The molecule has 0 atom stereocenters. The van der Waals surface area contributed by atoms with E-state index in [0.29, 0.717) is 11.4 Å². The summed E-state index contributed by atoms with van der Waals surface area (Å²) in [5.74, 6) is 0. The first kappa shape index (κ1) is 15.9. The Morgan fingerprint density at radius 3 is 2.36 bits per heavy atom. The lowest BCUT2D eigenvalue weighted by molar-refractivity contribution is 0.0636. The fraction of sp³-hybridized carbons (Fsp3) is 0.278. The Kier molecular flexibility index (Phi) is 4.40. The predicted molar refractivity (Wildman–Crippen MR) is 90.9 cm³/mol. The normalized spacial score (nSPS) is 11.1. The summed E-state index contributed by atoms with van der Waals surface area (Å²) in [6, 6.07) is 13.7. The van der Waals surface area contributed by atoms with Crippen LogP contribution in [-0.4, -0.2) is 11.7 Å². The van der Waals surface area contributed by atoms with Crippen molar-refractivity contribution >= 4 is 17.5 Å². The number of nitrogens with one attached hydrogen (secondary N) is 1. The molecule has 0 aliphatic rings. The number of carbonyl (C=O) groups is 1. The standard InChI is InChI=1S/C18H22N2O2/c1-12-6-5-7-13(10-12)14-8-9-16(15(19)11-14)20-17(21)22-18(2,3)4/h5-11H,19H2,1-4H3,(H,20,21). The molecule has 0 aliphatic heterocycles. The first-order valence-corrected chi connectivity index (χ1v) is 7.21. The molecule has 0 spiro atoms. The molecule has 0 aliphatic carbocycles. The van der Waals surface area contributed by atoms with E-state index in [1.54, 1.807) is 6.07 Å². The summed E-state index contributed by atoms with van der Waals surface area (Å²) in [5, 5.41) is 2.67. The number of rotatable bonds is 2. The van der Waals surface area contributed by atoms with Crippen LogP contribution in [-0.2, 0) is 4.74 Å². The van der Waals surface area contributed by atoms with Crippen molar-refractivity contribution in [1.82, 2.24) is 0 Å². The first-order chi connectivity index (χ1) is 10.2. The van der Waals surface area contributed by atoms with Crippen LogP contribution in [0.1, 0.15) is 26.3 Å². The molecule has 3 N–H and O–H groups in total. The molecule has 0 saturated heterocycles. The fourth-order valence-electron chi connectivity index (χ4n) is 2.09. The summed E-state index contributed by atoms with van der Waals surface area (Å²) in [7, 11) is 0. The van der Waals surface area contributed by atoms with E-state index in [2.05, 4.69) is 11.4 Å². The molecule has 22 heavy (non-hydrogen) atoms. The number of carbonyl (C=O) groups excluding carboxylic acids is 1. The highest BCUT2D eigenvalue weighted by atomic mass is 16.6.